The summed E-state index contributed by atoms with van der Waals surface area (Å²) in [5.41, 5.74) is 6.57. The molecule has 1 aliphatic rings. The highest BCUT2D eigenvalue weighted by molar-refractivity contribution is 5.85. The number of carbonyl (C=O) groups is 1. The summed E-state index contributed by atoms with van der Waals surface area (Å²) < 4.78 is 0. The van der Waals surface area contributed by atoms with Crippen molar-refractivity contribution in [2.24, 2.45) is 11.7 Å². The van der Waals surface area contributed by atoms with Gasteiger partial charge < -0.3 is 15.7 Å². The fraction of sp³-hybridized carbons (Fsp3) is 0.533. The Kier molecular flexibility index (Phi) is 6.46. The molecule has 1 unspecified atom stereocenters. The van der Waals surface area contributed by atoms with Gasteiger partial charge in [-0.2, -0.15) is 0 Å². The molecule has 1 aromatic rings. The molecule has 1 aliphatic heterocycles. The Balaban J connectivity index is 0.00000200. The molecule has 0 bridgehead atoms. The minimum atomic E-state index is -0.436. The molecule has 1 saturated heterocycles. The lowest BCUT2D eigenvalue weighted by Crippen LogP contribution is -2.46. The van der Waals surface area contributed by atoms with Gasteiger partial charge in [0.15, 0.2) is 0 Å². The molecule has 1 heterocycles. The topological polar surface area (TPSA) is 66.6 Å². The second-order valence-corrected chi connectivity index (χ2v) is 5.31. The van der Waals surface area contributed by atoms with E-state index in [2.05, 4.69) is 0 Å². The van der Waals surface area contributed by atoms with Gasteiger partial charge >= 0.3 is 0 Å². The van der Waals surface area contributed by atoms with Crippen LogP contribution in [0.3, 0.4) is 0 Å². The highest BCUT2D eigenvalue weighted by Crippen LogP contribution is 2.30. The number of carbonyl (C=O) groups excluding carboxylic acids is 1. The second-order valence-electron chi connectivity index (χ2n) is 5.31. The first-order chi connectivity index (χ1) is 9.09. The minimum absolute atomic E-state index is 0. The Morgan fingerprint density at radius 2 is 1.85 bits per heavy atom. The fourth-order valence-electron chi connectivity index (χ4n) is 2.65. The summed E-state index contributed by atoms with van der Waals surface area (Å²) in [5, 5.41) is 10.4. The van der Waals surface area contributed by atoms with Gasteiger partial charge in [0.2, 0.25) is 5.91 Å². The summed E-state index contributed by atoms with van der Waals surface area (Å²) in [4.78, 5) is 13.6. The minimum Gasteiger partial charge on any atom is -0.388 e. The summed E-state index contributed by atoms with van der Waals surface area (Å²) in [6.45, 7) is 3.09. The van der Waals surface area contributed by atoms with Gasteiger partial charge in [-0.15, -0.1) is 12.4 Å². The molecule has 3 N–H and O–H groups in total. The molecular weight excluding hydrogens is 276 g/mol. The standard InChI is InChI=1S/C15H22N2O2.ClH/c1-11(16)15(19)17-9-7-13(8-10-17)14(18)12-5-3-2-4-6-12;/h2-6,11,13-14,18H,7-10,16H2,1H3;1H/t11-,14?;/m1./s1. The third-order valence-electron chi connectivity index (χ3n) is 3.83. The SMILES string of the molecule is C[C@@H](N)C(=O)N1CCC(C(O)c2ccccc2)CC1.Cl. The number of halogens is 1. The second kappa shape index (κ2) is 7.62. The molecule has 1 fully saturated rings. The predicted molar refractivity (Wildman–Crippen MR) is 81.6 cm³/mol. The monoisotopic (exact) mass is 298 g/mol. The van der Waals surface area contributed by atoms with Gasteiger partial charge in [-0.1, -0.05) is 30.3 Å². The molecule has 0 spiro atoms. The highest BCUT2D eigenvalue weighted by Gasteiger charge is 2.28. The van der Waals surface area contributed by atoms with Crippen LogP contribution in [0.1, 0.15) is 31.4 Å². The lowest BCUT2D eigenvalue weighted by Gasteiger charge is -2.35. The number of piperidine rings is 1. The van der Waals surface area contributed by atoms with Crippen LogP contribution in [0.25, 0.3) is 0 Å². The van der Waals surface area contributed by atoms with Crippen molar-refractivity contribution < 1.29 is 9.90 Å². The van der Waals surface area contributed by atoms with Crippen LogP contribution in [0, 0.1) is 5.92 Å². The summed E-state index contributed by atoms with van der Waals surface area (Å²) in [5.74, 6) is 0.229. The maximum Gasteiger partial charge on any atom is 0.239 e. The van der Waals surface area contributed by atoms with E-state index in [4.69, 9.17) is 5.73 Å². The summed E-state index contributed by atoms with van der Waals surface area (Å²) in [6.07, 6.45) is 1.22. The number of hydrogen-bond acceptors (Lipinski definition) is 3. The Bertz CT molecular complexity index is 417. The maximum atomic E-state index is 11.8. The number of nitrogens with two attached hydrogens (primary N) is 1. The van der Waals surface area contributed by atoms with Crippen molar-refractivity contribution in [2.45, 2.75) is 31.9 Å². The van der Waals surface area contributed by atoms with E-state index >= 15 is 0 Å². The maximum absolute atomic E-state index is 11.8. The molecule has 0 aromatic heterocycles. The molecule has 0 saturated carbocycles. The van der Waals surface area contributed by atoms with Crippen molar-refractivity contribution in [3.63, 3.8) is 0 Å². The van der Waals surface area contributed by atoms with Gasteiger partial charge in [-0.3, -0.25) is 4.79 Å². The van der Waals surface area contributed by atoms with E-state index in [0.29, 0.717) is 13.1 Å². The first-order valence-corrected chi connectivity index (χ1v) is 6.87. The zero-order valence-corrected chi connectivity index (χ0v) is 12.6. The highest BCUT2D eigenvalue weighted by atomic mass is 35.5. The Hall–Kier alpha value is -1.10. The van der Waals surface area contributed by atoms with E-state index in [1.165, 1.54) is 0 Å². The first-order valence-electron chi connectivity index (χ1n) is 6.87. The van der Waals surface area contributed by atoms with Gasteiger partial charge in [0.1, 0.15) is 0 Å². The lowest BCUT2D eigenvalue weighted by molar-refractivity contribution is -0.134. The van der Waals surface area contributed by atoms with E-state index in [1.807, 2.05) is 30.3 Å². The zero-order chi connectivity index (χ0) is 13.8. The van der Waals surface area contributed by atoms with Crippen molar-refractivity contribution in [2.75, 3.05) is 13.1 Å². The summed E-state index contributed by atoms with van der Waals surface area (Å²) in [7, 11) is 0. The van der Waals surface area contributed by atoms with Crippen LogP contribution in [0.15, 0.2) is 30.3 Å². The van der Waals surface area contributed by atoms with Crippen LogP contribution in [0.4, 0.5) is 0 Å². The molecule has 0 aliphatic carbocycles. The third kappa shape index (κ3) is 3.95. The van der Waals surface area contributed by atoms with Gasteiger partial charge in [-0.05, 0) is 31.2 Å². The van der Waals surface area contributed by atoms with Crippen LogP contribution in [-0.4, -0.2) is 35.0 Å². The van der Waals surface area contributed by atoms with Gasteiger partial charge in [0, 0.05) is 13.1 Å². The molecule has 2 rings (SSSR count). The summed E-state index contributed by atoms with van der Waals surface area (Å²) >= 11 is 0. The molecule has 2 atom stereocenters. The van der Waals surface area contributed by atoms with Crippen LogP contribution in [0.5, 0.6) is 0 Å². The van der Waals surface area contributed by atoms with Gasteiger partial charge in [0.25, 0.3) is 0 Å². The Morgan fingerprint density at radius 3 is 2.35 bits per heavy atom. The van der Waals surface area contributed by atoms with Crippen molar-refractivity contribution in [3.05, 3.63) is 35.9 Å². The predicted octanol–water partition coefficient (Wildman–Crippen LogP) is 1.73. The molecular formula is C15H23ClN2O2. The van der Waals surface area contributed by atoms with Crippen molar-refractivity contribution in [1.29, 1.82) is 0 Å². The third-order valence-corrected chi connectivity index (χ3v) is 3.83. The normalized spacial score (nSPS) is 19.1. The van der Waals surface area contributed by atoms with E-state index in [1.54, 1.807) is 11.8 Å². The quantitative estimate of drug-likeness (QED) is 0.893. The number of rotatable bonds is 3. The van der Waals surface area contributed by atoms with Gasteiger partial charge in [0.05, 0.1) is 12.1 Å². The number of aliphatic hydroxyl groups excluding tert-OH is 1. The lowest BCUT2D eigenvalue weighted by atomic mass is 9.87. The largest absolute Gasteiger partial charge is 0.388 e. The van der Waals surface area contributed by atoms with Crippen LogP contribution in [0.2, 0.25) is 0 Å². The van der Waals surface area contributed by atoms with Crippen LogP contribution >= 0.6 is 12.4 Å². The number of benzene rings is 1. The number of aliphatic hydroxyl groups is 1. The van der Waals surface area contributed by atoms with Crippen molar-refractivity contribution in [1.82, 2.24) is 4.90 Å². The molecule has 0 radical (unpaired) electrons. The Morgan fingerprint density at radius 1 is 1.30 bits per heavy atom. The fourth-order valence-corrected chi connectivity index (χ4v) is 2.65. The molecule has 5 heteroatoms. The first kappa shape index (κ1) is 17.0. The van der Waals surface area contributed by atoms with E-state index in [0.717, 1.165) is 18.4 Å². The molecule has 1 aromatic carbocycles. The van der Waals surface area contributed by atoms with Crippen molar-refractivity contribution in [3.8, 4) is 0 Å². The van der Waals surface area contributed by atoms with Crippen LogP contribution in [-0.2, 0) is 4.79 Å². The number of amides is 1. The Labute approximate surface area is 126 Å². The smallest absolute Gasteiger partial charge is 0.239 e. The molecule has 4 nitrogen and oxygen atoms in total. The van der Waals surface area contributed by atoms with E-state index in [9.17, 15) is 9.90 Å². The van der Waals surface area contributed by atoms with Gasteiger partial charge in [-0.25, -0.2) is 0 Å². The zero-order valence-electron chi connectivity index (χ0n) is 11.7. The number of likely N-dealkylation sites (tertiary alicyclic amines) is 1. The van der Waals surface area contributed by atoms with E-state index in [-0.39, 0.29) is 24.2 Å². The van der Waals surface area contributed by atoms with Crippen LogP contribution < -0.4 is 5.73 Å². The summed E-state index contributed by atoms with van der Waals surface area (Å²) in [6, 6.07) is 9.28. The number of hydrogen-bond donors (Lipinski definition) is 2. The molecule has 112 valence electrons. The van der Waals surface area contributed by atoms with Crippen molar-refractivity contribution >= 4 is 18.3 Å². The van der Waals surface area contributed by atoms with E-state index < -0.39 is 12.1 Å². The molecule has 20 heavy (non-hydrogen) atoms. The average molecular weight is 299 g/mol. The number of nitrogens with zero attached hydrogens (tertiary/aromatic N) is 1. The molecule has 1 amide bonds. The average Bonchev–Trinajstić information content (AvgIpc) is 2.46.